The van der Waals surface area contributed by atoms with Crippen LogP contribution in [-0.4, -0.2) is 29.6 Å². The van der Waals surface area contributed by atoms with Gasteiger partial charge in [0.25, 0.3) is 0 Å². The molecule has 0 saturated heterocycles. The molecular formula is C20H24N2O3. The first-order chi connectivity index (χ1) is 12.1. The number of benzene rings is 2. The molecule has 0 radical (unpaired) electrons. The van der Waals surface area contributed by atoms with E-state index in [4.69, 9.17) is 5.11 Å². The highest BCUT2D eigenvalue weighted by molar-refractivity contribution is 6.39. The number of aliphatic hydroxyl groups excluding tert-OH is 1. The second kappa shape index (κ2) is 9.59. The molecule has 5 heteroatoms. The quantitative estimate of drug-likeness (QED) is 0.678. The van der Waals surface area contributed by atoms with E-state index in [0.29, 0.717) is 24.9 Å². The first-order valence-electron chi connectivity index (χ1n) is 8.44. The van der Waals surface area contributed by atoms with Gasteiger partial charge in [0.05, 0.1) is 0 Å². The van der Waals surface area contributed by atoms with Gasteiger partial charge in [-0.1, -0.05) is 48.5 Å². The molecule has 2 amide bonds. The zero-order chi connectivity index (χ0) is 18.1. The fraction of sp³-hybridized carbons (Fsp3) is 0.300. The third kappa shape index (κ3) is 6.04. The third-order valence-electron chi connectivity index (χ3n) is 3.88. The molecular weight excluding hydrogens is 316 g/mol. The number of nitrogens with one attached hydrogen (secondary N) is 2. The second-order valence-electron chi connectivity index (χ2n) is 6.01. The highest BCUT2D eigenvalue weighted by atomic mass is 16.3. The van der Waals surface area contributed by atoms with Crippen molar-refractivity contribution in [3.8, 4) is 0 Å². The maximum atomic E-state index is 12.2. The van der Waals surface area contributed by atoms with Crippen molar-refractivity contribution in [3.05, 3.63) is 65.7 Å². The lowest BCUT2D eigenvalue weighted by Gasteiger charge is -2.14. The predicted molar refractivity (Wildman–Crippen MR) is 98.2 cm³/mol. The van der Waals surface area contributed by atoms with E-state index in [1.807, 2.05) is 55.5 Å². The Morgan fingerprint density at radius 2 is 1.68 bits per heavy atom. The number of para-hydroxylation sites is 1. The monoisotopic (exact) mass is 340 g/mol. The Morgan fingerprint density at radius 3 is 2.40 bits per heavy atom. The van der Waals surface area contributed by atoms with E-state index in [0.717, 1.165) is 11.1 Å². The maximum Gasteiger partial charge on any atom is 0.313 e. The van der Waals surface area contributed by atoms with Crippen LogP contribution in [-0.2, 0) is 16.0 Å². The molecule has 0 heterocycles. The van der Waals surface area contributed by atoms with Crippen LogP contribution in [0.1, 0.15) is 30.9 Å². The molecule has 0 aliphatic rings. The molecule has 132 valence electrons. The predicted octanol–water partition coefficient (Wildman–Crippen LogP) is 2.49. The van der Waals surface area contributed by atoms with Crippen molar-refractivity contribution in [1.82, 2.24) is 5.32 Å². The van der Waals surface area contributed by atoms with E-state index in [9.17, 15) is 9.59 Å². The first kappa shape index (κ1) is 18.7. The summed E-state index contributed by atoms with van der Waals surface area (Å²) in [5.41, 5.74) is 2.71. The lowest BCUT2D eigenvalue weighted by molar-refractivity contribution is -0.136. The summed E-state index contributed by atoms with van der Waals surface area (Å²) in [6.45, 7) is 1.88. The average molecular weight is 340 g/mol. The number of anilines is 1. The number of carbonyl (C=O) groups is 2. The van der Waals surface area contributed by atoms with Gasteiger partial charge in [0, 0.05) is 18.3 Å². The molecule has 0 saturated carbocycles. The summed E-state index contributed by atoms with van der Waals surface area (Å²) in [6.07, 6.45) is 1.88. The molecule has 2 rings (SSSR count). The Kier molecular flexibility index (Phi) is 7.16. The van der Waals surface area contributed by atoms with E-state index in [1.54, 1.807) is 6.07 Å². The van der Waals surface area contributed by atoms with Gasteiger partial charge in [-0.2, -0.15) is 0 Å². The summed E-state index contributed by atoms with van der Waals surface area (Å²) in [7, 11) is 0. The number of hydrogen-bond acceptors (Lipinski definition) is 3. The van der Waals surface area contributed by atoms with Gasteiger partial charge in [0.15, 0.2) is 0 Å². The number of rotatable bonds is 7. The maximum absolute atomic E-state index is 12.2. The van der Waals surface area contributed by atoms with Crippen LogP contribution in [0.25, 0.3) is 0 Å². The summed E-state index contributed by atoms with van der Waals surface area (Å²) in [4.78, 5) is 24.2. The first-order valence-corrected chi connectivity index (χ1v) is 8.44. The van der Waals surface area contributed by atoms with E-state index in [2.05, 4.69) is 10.6 Å². The molecule has 0 spiro atoms. The normalized spacial score (nSPS) is 11.6. The van der Waals surface area contributed by atoms with Crippen molar-refractivity contribution in [2.24, 2.45) is 0 Å². The average Bonchev–Trinajstić information content (AvgIpc) is 2.62. The van der Waals surface area contributed by atoms with Crippen LogP contribution in [0.5, 0.6) is 0 Å². The summed E-state index contributed by atoms with van der Waals surface area (Å²) < 4.78 is 0. The SMILES string of the molecule is CC(CCCO)NC(=O)C(=O)Nc1ccccc1Cc1ccccc1. The number of aliphatic hydroxyl groups is 1. The molecule has 0 bridgehead atoms. The lowest BCUT2D eigenvalue weighted by atomic mass is 10.0. The Hall–Kier alpha value is -2.66. The van der Waals surface area contributed by atoms with Crippen molar-refractivity contribution in [2.45, 2.75) is 32.2 Å². The van der Waals surface area contributed by atoms with Gasteiger partial charge in [-0.25, -0.2) is 0 Å². The molecule has 5 nitrogen and oxygen atoms in total. The number of carbonyl (C=O) groups excluding carboxylic acids is 2. The molecule has 2 aromatic carbocycles. The molecule has 0 aliphatic carbocycles. The Balaban J connectivity index is 2.00. The fourth-order valence-corrected chi connectivity index (χ4v) is 2.55. The number of hydrogen-bond donors (Lipinski definition) is 3. The lowest BCUT2D eigenvalue weighted by Crippen LogP contribution is -2.40. The Bertz CT molecular complexity index is 701. The van der Waals surface area contributed by atoms with E-state index in [1.165, 1.54) is 0 Å². The minimum Gasteiger partial charge on any atom is -0.396 e. The van der Waals surface area contributed by atoms with Crippen LogP contribution in [0.3, 0.4) is 0 Å². The van der Waals surface area contributed by atoms with Crippen molar-refractivity contribution in [1.29, 1.82) is 0 Å². The molecule has 0 fully saturated rings. The van der Waals surface area contributed by atoms with Crippen molar-refractivity contribution < 1.29 is 14.7 Å². The standard InChI is InChI=1S/C20H24N2O3/c1-15(8-7-13-23)21-19(24)20(25)22-18-12-6-5-11-17(18)14-16-9-3-2-4-10-16/h2-6,9-12,15,23H,7-8,13-14H2,1H3,(H,21,24)(H,22,25). The Labute approximate surface area is 148 Å². The Morgan fingerprint density at radius 1 is 1.00 bits per heavy atom. The summed E-state index contributed by atoms with van der Waals surface area (Å²) >= 11 is 0. The molecule has 1 atom stereocenters. The van der Waals surface area contributed by atoms with Crippen molar-refractivity contribution in [3.63, 3.8) is 0 Å². The van der Waals surface area contributed by atoms with E-state index < -0.39 is 11.8 Å². The molecule has 3 N–H and O–H groups in total. The zero-order valence-electron chi connectivity index (χ0n) is 14.4. The van der Waals surface area contributed by atoms with Crippen LogP contribution < -0.4 is 10.6 Å². The number of amides is 2. The zero-order valence-corrected chi connectivity index (χ0v) is 14.4. The van der Waals surface area contributed by atoms with Gasteiger partial charge in [-0.3, -0.25) is 9.59 Å². The summed E-state index contributed by atoms with van der Waals surface area (Å²) in [5, 5.41) is 14.1. The molecule has 2 aromatic rings. The van der Waals surface area contributed by atoms with Gasteiger partial charge >= 0.3 is 11.8 Å². The van der Waals surface area contributed by atoms with E-state index in [-0.39, 0.29) is 12.6 Å². The largest absolute Gasteiger partial charge is 0.396 e. The molecule has 0 aromatic heterocycles. The van der Waals surface area contributed by atoms with Gasteiger partial charge < -0.3 is 15.7 Å². The van der Waals surface area contributed by atoms with Crippen molar-refractivity contribution >= 4 is 17.5 Å². The van der Waals surface area contributed by atoms with Gasteiger partial charge in [0.2, 0.25) is 0 Å². The van der Waals surface area contributed by atoms with E-state index >= 15 is 0 Å². The van der Waals surface area contributed by atoms with Crippen LogP contribution in [0.4, 0.5) is 5.69 Å². The van der Waals surface area contributed by atoms with Crippen LogP contribution in [0.15, 0.2) is 54.6 Å². The summed E-state index contributed by atoms with van der Waals surface area (Å²) in [6, 6.07) is 17.2. The topological polar surface area (TPSA) is 78.4 Å². The minimum atomic E-state index is -0.684. The van der Waals surface area contributed by atoms with Crippen LogP contribution in [0.2, 0.25) is 0 Å². The smallest absolute Gasteiger partial charge is 0.313 e. The van der Waals surface area contributed by atoms with Crippen LogP contribution >= 0.6 is 0 Å². The molecule has 0 aliphatic heterocycles. The fourth-order valence-electron chi connectivity index (χ4n) is 2.55. The van der Waals surface area contributed by atoms with Gasteiger partial charge in [-0.15, -0.1) is 0 Å². The van der Waals surface area contributed by atoms with Gasteiger partial charge in [0.1, 0.15) is 0 Å². The van der Waals surface area contributed by atoms with Crippen molar-refractivity contribution in [2.75, 3.05) is 11.9 Å². The molecule has 25 heavy (non-hydrogen) atoms. The highest BCUT2D eigenvalue weighted by Crippen LogP contribution is 2.19. The van der Waals surface area contributed by atoms with Gasteiger partial charge in [-0.05, 0) is 43.4 Å². The van der Waals surface area contributed by atoms with Crippen LogP contribution in [0, 0.1) is 0 Å². The summed E-state index contributed by atoms with van der Waals surface area (Å²) in [5.74, 6) is -1.35. The second-order valence-corrected chi connectivity index (χ2v) is 6.01. The highest BCUT2D eigenvalue weighted by Gasteiger charge is 2.17. The molecule has 1 unspecified atom stereocenters. The third-order valence-corrected chi connectivity index (χ3v) is 3.88. The minimum absolute atomic E-state index is 0.0687.